The van der Waals surface area contributed by atoms with E-state index in [0.717, 1.165) is 6.42 Å². The Morgan fingerprint density at radius 2 is 2.00 bits per heavy atom. The number of benzene rings is 1. The minimum absolute atomic E-state index is 0.0406. The first-order valence-electron chi connectivity index (χ1n) is 7.71. The Bertz CT molecular complexity index is 745. The summed E-state index contributed by atoms with van der Waals surface area (Å²) in [6, 6.07) is 9.24. The van der Waals surface area contributed by atoms with Crippen LogP contribution in [0.4, 0.5) is 5.69 Å². The second-order valence-electron chi connectivity index (χ2n) is 5.12. The highest BCUT2D eigenvalue weighted by Gasteiger charge is 2.12. The van der Waals surface area contributed by atoms with E-state index in [2.05, 4.69) is 15.0 Å². The fourth-order valence-electron chi connectivity index (χ4n) is 1.98. The van der Waals surface area contributed by atoms with Crippen LogP contribution in [-0.2, 0) is 14.7 Å². The number of carbonyl (C=O) groups is 1. The highest BCUT2D eigenvalue weighted by atomic mass is 17.3. The normalized spacial score (nSPS) is 11.0. The summed E-state index contributed by atoms with van der Waals surface area (Å²) in [6.45, 7) is 1.96. The largest absolute Gasteiger partial charge is 0.358 e. The first kappa shape index (κ1) is 18.1. The number of hydrogen-bond donors (Lipinski definition) is 0. The van der Waals surface area contributed by atoms with Gasteiger partial charge in [0, 0.05) is 35.7 Å². The van der Waals surface area contributed by atoms with Crippen LogP contribution in [0, 0.1) is 10.1 Å². The number of hydrogen-bond acceptors (Lipinski definition) is 7. The zero-order valence-corrected chi connectivity index (χ0v) is 13.6. The maximum atomic E-state index is 11.5. The van der Waals surface area contributed by atoms with E-state index in [1.165, 1.54) is 24.3 Å². The number of oxime groups is 1. The SMILES string of the molecule is CCCCC(=O)OON=C(c1ccc([N+](=O)[O-])cc1)c1cccnc1. The van der Waals surface area contributed by atoms with Gasteiger partial charge >= 0.3 is 5.97 Å². The predicted octanol–water partition coefficient (Wildman–Crippen LogP) is 3.41. The highest BCUT2D eigenvalue weighted by Crippen LogP contribution is 2.16. The number of carbonyl (C=O) groups excluding carboxylic acids is 1. The minimum atomic E-state index is -0.514. The number of aromatic nitrogens is 1. The van der Waals surface area contributed by atoms with Gasteiger partial charge in [0.25, 0.3) is 5.69 Å². The molecule has 130 valence electrons. The van der Waals surface area contributed by atoms with Gasteiger partial charge in [-0.05, 0) is 35.8 Å². The lowest BCUT2D eigenvalue weighted by atomic mass is 10.0. The highest BCUT2D eigenvalue weighted by molar-refractivity contribution is 6.12. The summed E-state index contributed by atoms with van der Waals surface area (Å²) < 4.78 is 0. The van der Waals surface area contributed by atoms with Crippen LogP contribution in [-0.4, -0.2) is 21.6 Å². The van der Waals surface area contributed by atoms with Crippen LogP contribution in [0.25, 0.3) is 0 Å². The molecule has 0 aliphatic carbocycles. The number of pyridine rings is 1. The average Bonchev–Trinajstić information content (AvgIpc) is 2.64. The molecule has 0 unspecified atom stereocenters. The molecule has 8 heteroatoms. The van der Waals surface area contributed by atoms with Crippen molar-refractivity contribution in [3.8, 4) is 0 Å². The molecule has 2 aromatic rings. The van der Waals surface area contributed by atoms with Crippen LogP contribution >= 0.6 is 0 Å². The number of unbranched alkanes of at least 4 members (excludes halogenated alkanes) is 1. The molecule has 0 N–H and O–H groups in total. The van der Waals surface area contributed by atoms with Crippen LogP contribution in [0.5, 0.6) is 0 Å². The van der Waals surface area contributed by atoms with Crippen LogP contribution < -0.4 is 0 Å². The van der Waals surface area contributed by atoms with Gasteiger partial charge in [-0.15, -0.1) is 0 Å². The van der Waals surface area contributed by atoms with Crippen LogP contribution in [0.15, 0.2) is 53.9 Å². The van der Waals surface area contributed by atoms with Gasteiger partial charge in [-0.3, -0.25) is 15.1 Å². The van der Waals surface area contributed by atoms with Crippen molar-refractivity contribution in [2.45, 2.75) is 26.2 Å². The van der Waals surface area contributed by atoms with Gasteiger partial charge < -0.3 is 0 Å². The Morgan fingerprint density at radius 3 is 2.60 bits per heavy atom. The summed E-state index contributed by atoms with van der Waals surface area (Å²) >= 11 is 0. The van der Waals surface area contributed by atoms with E-state index in [-0.39, 0.29) is 12.1 Å². The molecule has 8 nitrogen and oxygen atoms in total. The lowest BCUT2D eigenvalue weighted by Crippen LogP contribution is -2.08. The summed E-state index contributed by atoms with van der Waals surface area (Å²) in [5.41, 5.74) is 1.47. The number of non-ortho nitro benzene ring substituents is 1. The summed E-state index contributed by atoms with van der Waals surface area (Å²) in [4.78, 5) is 35.1. The maximum Gasteiger partial charge on any atom is 0.358 e. The molecular formula is C17H17N3O5. The molecule has 0 atom stereocenters. The van der Waals surface area contributed by atoms with E-state index in [1.54, 1.807) is 24.5 Å². The predicted molar refractivity (Wildman–Crippen MR) is 89.7 cm³/mol. The van der Waals surface area contributed by atoms with E-state index in [1.807, 2.05) is 6.92 Å². The van der Waals surface area contributed by atoms with Crippen LogP contribution in [0.2, 0.25) is 0 Å². The third kappa shape index (κ3) is 5.38. The van der Waals surface area contributed by atoms with Gasteiger partial charge in [0.2, 0.25) is 0 Å². The summed E-state index contributed by atoms with van der Waals surface area (Å²) in [5.74, 6) is -0.514. The number of nitrogens with zero attached hydrogens (tertiary/aromatic N) is 3. The summed E-state index contributed by atoms with van der Waals surface area (Å²) in [5, 5.41) is 14.6. The standard InChI is InChI=1S/C17H17N3O5/c1-2-3-6-16(21)24-25-19-17(14-5-4-11-18-12-14)13-7-9-15(10-8-13)20(22)23/h4-5,7-12H,2-3,6H2,1H3. The molecule has 2 rings (SSSR count). The molecule has 1 heterocycles. The molecule has 0 spiro atoms. The van der Waals surface area contributed by atoms with Gasteiger partial charge in [0.1, 0.15) is 5.71 Å². The van der Waals surface area contributed by atoms with Crippen molar-refractivity contribution in [1.29, 1.82) is 0 Å². The zero-order valence-electron chi connectivity index (χ0n) is 13.6. The van der Waals surface area contributed by atoms with Crippen molar-refractivity contribution in [2.75, 3.05) is 0 Å². The van der Waals surface area contributed by atoms with Crippen molar-refractivity contribution >= 4 is 17.4 Å². The van der Waals surface area contributed by atoms with Gasteiger partial charge in [-0.1, -0.05) is 13.3 Å². The van der Waals surface area contributed by atoms with E-state index >= 15 is 0 Å². The van der Waals surface area contributed by atoms with Crippen molar-refractivity contribution < 1.29 is 19.6 Å². The smallest absolute Gasteiger partial charge is 0.264 e. The molecule has 0 aliphatic heterocycles. The Morgan fingerprint density at radius 1 is 1.24 bits per heavy atom. The van der Waals surface area contributed by atoms with Crippen LogP contribution in [0.1, 0.15) is 37.3 Å². The molecule has 0 aliphatic rings. The van der Waals surface area contributed by atoms with Crippen molar-refractivity contribution in [1.82, 2.24) is 4.98 Å². The molecule has 1 aromatic heterocycles. The Balaban J connectivity index is 2.20. The average molecular weight is 343 g/mol. The molecule has 0 radical (unpaired) electrons. The third-order valence-electron chi connectivity index (χ3n) is 3.28. The van der Waals surface area contributed by atoms with E-state index in [0.29, 0.717) is 23.3 Å². The van der Waals surface area contributed by atoms with E-state index in [9.17, 15) is 14.9 Å². The number of nitro groups is 1. The number of rotatable bonds is 8. The van der Waals surface area contributed by atoms with Gasteiger partial charge in [0.05, 0.1) is 11.3 Å². The lowest BCUT2D eigenvalue weighted by Gasteiger charge is -2.06. The van der Waals surface area contributed by atoms with E-state index in [4.69, 9.17) is 4.99 Å². The van der Waals surface area contributed by atoms with Crippen molar-refractivity contribution in [2.24, 2.45) is 5.16 Å². The lowest BCUT2D eigenvalue weighted by molar-refractivity contribution is -0.384. The number of nitro benzene ring substituents is 1. The Labute approximate surface area is 144 Å². The topological polar surface area (TPSA) is 104 Å². The molecule has 0 amide bonds. The maximum absolute atomic E-state index is 11.5. The molecule has 0 fully saturated rings. The summed E-state index contributed by atoms with van der Waals surface area (Å²) in [7, 11) is 0. The van der Waals surface area contributed by atoms with Crippen molar-refractivity contribution in [3.05, 3.63) is 70.0 Å². The van der Waals surface area contributed by atoms with Crippen LogP contribution in [0.3, 0.4) is 0 Å². The first-order chi connectivity index (χ1) is 12.1. The first-order valence-corrected chi connectivity index (χ1v) is 7.71. The second kappa shape index (κ2) is 9.11. The fraction of sp³-hybridized carbons (Fsp3) is 0.235. The van der Waals surface area contributed by atoms with E-state index < -0.39 is 10.9 Å². The zero-order chi connectivity index (χ0) is 18.1. The second-order valence-corrected chi connectivity index (χ2v) is 5.12. The molecular weight excluding hydrogens is 326 g/mol. The monoisotopic (exact) mass is 343 g/mol. The molecule has 25 heavy (non-hydrogen) atoms. The van der Waals surface area contributed by atoms with Gasteiger partial charge in [0.15, 0.2) is 0 Å². The van der Waals surface area contributed by atoms with Gasteiger partial charge in [-0.25, -0.2) is 9.68 Å². The minimum Gasteiger partial charge on any atom is -0.264 e. The third-order valence-corrected chi connectivity index (χ3v) is 3.28. The summed E-state index contributed by atoms with van der Waals surface area (Å²) in [6.07, 6.45) is 4.96. The molecule has 0 bridgehead atoms. The Kier molecular flexibility index (Phi) is 6.58. The fourth-order valence-corrected chi connectivity index (χ4v) is 1.98. The van der Waals surface area contributed by atoms with Crippen molar-refractivity contribution in [3.63, 3.8) is 0 Å². The molecule has 0 saturated carbocycles. The quantitative estimate of drug-likeness (QED) is 0.315. The molecule has 0 saturated heterocycles. The Hall–Kier alpha value is -3.29. The van der Waals surface area contributed by atoms with Gasteiger partial charge in [-0.2, -0.15) is 4.99 Å². The molecule has 1 aromatic carbocycles.